The lowest BCUT2D eigenvalue weighted by Gasteiger charge is -2.07. The molecule has 22 heavy (non-hydrogen) atoms. The second kappa shape index (κ2) is 6.37. The van der Waals surface area contributed by atoms with Gasteiger partial charge in [0.1, 0.15) is 10.7 Å². The molecule has 0 spiro atoms. The minimum Gasteiger partial charge on any atom is -0.320 e. The van der Waals surface area contributed by atoms with E-state index in [2.05, 4.69) is 31.2 Å². The molecule has 0 saturated carbocycles. The third-order valence-electron chi connectivity index (χ3n) is 3.10. The van der Waals surface area contributed by atoms with Gasteiger partial charge in [-0.05, 0) is 42.8 Å². The van der Waals surface area contributed by atoms with E-state index in [9.17, 15) is 4.79 Å². The zero-order valence-corrected chi connectivity index (χ0v) is 14.1. The monoisotopic (exact) mass is 373 g/mol. The van der Waals surface area contributed by atoms with Crippen LogP contribution in [0.2, 0.25) is 0 Å². The van der Waals surface area contributed by atoms with Crippen LogP contribution in [0, 0.1) is 6.92 Å². The minimum atomic E-state index is -0.207. The SMILES string of the molecule is Cc1cc(Br)ccc1NC(=O)c1csc(-c2ccncc2)n1. The topological polar surface area (TPSA) is 54.9 Å². The van der Waals surface area contributed by atoms with Crippen LogP contribution >= 0.6 is 27.3 Å². The minimum absolute atomic E-state index is 0.207. The lowest BCUT2D eigenvalue weighted by Crippen LogP contribution is -2.13. The Balaban J connectivity index is 1.80. The molecule has 0 bridgehead atoms. The predicted molar refractivity (Wildman–Crippen MR) is 92.2 cm³/mol. The van der Waals surface area contributed by atoms with Crippen LogP contribution in [-0.2, 0) is 0 Å². The number of benzene rings is 1. The molecule has 0 saturated heterocycles. The second-order valence-electron chi connectivity index (χ2n) is 4.69. The molecular formula is C16H12BrN3OS. The smallest absolute Gasteiger partial charge is 0.275 e. The Morgan fingerprint density at radius 2 is 2.00 bits per heavy atom. The molecule has 2 heterocycles. The van der Waals surface area contributed by atoms with Crippen molar-refractivity contribution < 1.29 is 4.79 Å². The summed E-state index contributed by atoms with van der Waals surface area (Å²) in [6, 6.07) is 9.47. The van der Waals surface area contributed by atoms with Gasteiger partial charge in [0.15, 0.2) is 0 Å². The number of thiazole rings is 1. The molecule has 0 aliphatic carbocycles. The van der Waals surface area contributed by atoms with Gasteiger partial charge >= 0.3 is 0 Å². The zero-order valence-electron chi connectivity index (χ0n) is 11.7. The third-order valence-corrected chi connectivity index (χ3v) is 4.49. The number of aryl methyl sites for hydroxylation is 1. The van der Waals surface area contributed by atoms with Crippen molar-refractivity contribution in [3.05, 3.63) is 63.8 Å². The van der Waals surface area contributed by atoms with Crippen LogP contribution in [0.25, 0.3) is 10.6 Å². The third kappa shape index (κ3) is 3.23. The number of nitrogens with one attached hydrogen (secondary N) is 1. The molecule has 0 fully saturated rings. The molecule has 1 amide bonds. The number of anilines is 1. The maximum atomic E-state index is 12.3. The van der Waals surface area contributed by atoms with E-state index in [1.807, 2.05) is 37.3 Å². The van der Waals surface area contributed by atoms with Crippen LogP contribution in [0.4, 0.5) is 5.69 Å². The summed E-state index contributed by atoms with van der Waals surface area (Å²) in [6.45, 7) is 1.95. The average Bonchev–Trinajstić information content (AvgIpc) is 3.01. The Kier molecular flexibility index (Phi) is 4.31. The lowest BCUT2D eigenvalue weighted by atomic mass is 10.2. The number of rotatable bonds is 3. The number of carbonyl (C=O) groups excluding carboxylic acids is 1. The standard InChI is InChI=1S/C16H12BrN3OS/c1-10-8-12(17)2-3-13(10)19-15(21)14-9-22-16(20-14)11-4-6-18-7-5-11/h2-9H,1H3,(H,19,21). The van der Waals surface area contributed by atoms with Crippen LogP contribution in [0.5, 0.6) is 0 Å². The first-order chi connectivity index (χ1) is 10.6. The summed E-state index contributed by atoms with van der Waals surface area (Å²) in [7, 11) is 0. The van der Waals surface area contributed by atoms with Crippen molar-refractivity contribution >= 4 is 38.9 Å². The van der Waals surface area contributed by atoms with Crippen molar-refractivity contribution in [2.75, 3.05) is 5.32 Å². The molecule has 1 N–H and O–H groups in total. The van der Waals surface area contributed by atoms with Gasteiger partial charge in [0.25, 0.3) is 5.91 Å². The van der Waals surface area contributed by atoms with Crippen molar-refractivity contribution in [1.82, 2.24) is 9.97 Å². The van der Waals surface area contributed by atoms with Crippen LogP contribution in [-0.4, -0.2) is 15.9 Å². The summed E-state index contributed by atoms with van der Waals surface area (Å²) in [5, 5.41) is 5.46. The molecule has 0 aliphatic rings. The van der Waals surface area contributed by atoms with Crippen molar-refractivity contribution in [2.24, 2.45) is 0 Å². The van der Waals surface area contributed by atoms with Crippen molar-refractivity contribution in [3.8, 4) is 10.6 Å². The normalized spacial score (nSPS) is 10.5. The first-order valence-corrected chi connectivity index (χ1v) is 8.24. The fourth-order valence-electron chi connectivity index (χ4n) is 1.96. The number of nitrogens with zero attached hydrogens (tertiary/aromatic N) is 2. The number of hydrogen-bond acceptors (Lipinski definition) is 4. The van der Waals surface area contributed by atoms with E-state index in [-0.39, 0.29) is 5.91 Å². The van der Waals surface area contributed by atoms with E-state index in [1.165, 1.54) is 11.3 Å². The molecule has 2 aromatic heterocycles. The Hall–Kier alpha value is -2.05. The molecule has 0 radical (unpaired) electrons. The number of amides is 1. The van der Waals surface area contributed by atoms with Gasteiger partial charge in [0, 0.05) is 33.5 Å². The summed E-state index contributed by atoms with van der Waals surface area (Å²) in [5.74, 6) is -0.207. The Morgan fingerprint density at radius 1 is 1.23 bits per heavy atom. The van der Waals surface area contributed by atoms with Gasteiger partial charge in [-0.3, -0.25) is 9.78 Å². The van der Waals surface area contributed by atoms with Crippen LogP contribution < -0.4 is 5.32 Å². The Morgan fingerprint density at radius 3 is 2.73 bits per heavy atom. The fraction of sp³-hybridized carbons (Fsp3) is 0.0625. The molecule has 0 unspecified atom stereocenters. The number of hydrogen-bond donors (Lipinski definition) is 1. The largest absolute Gasteiger partial charge is 0.320 e. The van der Waals surface area contributed by atoms with Crippen molar-refractivity contribution in [3.63, 3.8) is 0 Å². The highest BCUT2D eigenvalue weighted by molar-refractivity contribution is 9.10. The Labute approximate surface area is 140 Å². The zero-order chi connectivity index (χ0) is 15.5. The molecule has 4 nitrogen and oxygen atoms in total. The predicted octanol–water partition coefficient (Wildman–Crippen LogP) is 4.53. The van der Waals surface area contributed by atoms with Crippen LogP contribution in [0.15, 0.2) is 52.6 Å². The molecule has 110 valence electrons. The van der Waals surface area contributed by atoms with Gasteiger partial charge in [-0.25, -0.2) is 4.98 Å². The highest BCUT2D eigenvalue weighted by Gasteiger charge is 2.13. The highest BCUT2D eigenvalue weighted by Crippen LogP contribution is 2.24. The number of aromatic nitrogens is 2. The first kappa shape index (κ1) is 14.9. The lowest BCUT2D eigenvalue weighted by molar-refractivity contribution is 0.102. The molecular weight excluding hydrogens is 362 g/mol. The maximum absolute atomic E-state index is 12.3. The summed E-state index contributed by atoms with van der Waals surface area (Å²) in [5.41, 5.74) is 3.15. The second-order valence-corrected chi connectivity index (χ2v) is 6.46. The summed E-state index contributed by atoms with van der Waals surface area (Å²) in [4.78, 5) is 20.7. The van der Waals surface area contributed by atoms with Gasteiger partial charge in [0.05, 0.1) is 0 Å². The number of carbonyl (C=O) groups is 1. The van der Waals surface area contributed by atoms with Crippen LogP contribution in [0.3, 0.4) is 0 Å². The van der Waals surface area contributed by atoms with Crippen molar-refractivity contribution in [1.29, 1.82) is 0 Å². The molecule has 0 aliphatic heterocycles. The van der Waals surface area contributed by atoms with E-state index in [0.717, 1.165) is 26.3 Å². The van der Waals surface area contributed by atoms with E-state index < -0.39 is 0 Å². The van der Waals surface area contributed by atoms with Gasteiger partial charge < -0.3 is 5.32 Å². The van der Waals surface area contributed by atoms with Gasteiger partial charge in [-0.2, -0.15) is 0 Å². The first-order valence-electron chi connectivity index (χ1n) is 6.57. The molecule has 1 aromatic carbocycles. The van der Waals surface area contributed by atoms with E-state index in [0.29, 0.717) is 5.69 Å². The fourth-order valence-corrected chi connectivity index (χ4v) is 3.24. The van der Waals surface area contributed by atoms with Gasteiger partial charge in [-0.15, -0.1) is 11.3 Å². The molecule has 0 atom stereocenters. The molecule has 3 rings (SSSR count). The average molecular weight is 374 g/mol. The van der Waals surface area contributed by atoms with Crippen molar-refractivity contribution in [2.45, 2.75) is 6.92 Å². The summed E-state index contributed by atoms with van der Waals surface area (Å²) in [6.07, 6.45) is 3.42. The van der Waals surface area contributed by atoms with Gasteiger partial charge in [0.2, 0.25) is 0 Å². The van der Waals surface area contributed by atoms with Gasteiger partial charge in [-0.1, -0.05) is 15.9 Å². The summed E-state index contributed by atoms with van der Waals surface area (Å²) < 4.78 is 0.983. The molecule has 6 heteroatoms. The van der Waals surface area contributed by atoms with E-state index >= 15 is 0 Å². The number of pyridine rings is 1. The quantitative estimate of drug-likeness (QED) is 0.733. The Bertz CT molecular complexity index is 817. The number of halogens is 1. The molecule has 3 aromatic rings. The summed E-state index contributed by atoms with van der Waals surface area (Å²) >= 11 is 4.85. The van der Waals surface area contributed by atoms with E-state index in [4.69, 9.17) is 0 Å². The van der Waals surface area contributed by atoms with E-state index in [1.54, 1.807) is 17.8 Å². The highest BCUT2D eigenvalue weighted by atomic mass is 79.9. The van der Waals surface area contributed by atoms with Crippen LogP contribution in [0.1, 0.15) is 16.1 Å². The maximum Gasteiger partial charge on any atom is 0.275 e.